The number of rotatable bonds is 1. The maximum Gasteiger partial charge on any atom is 0.343 e. The SMILES string of the molecule is CC1(C)C(=O)C(C(=O)O)=C(O)c2cc(Cl)c(Cl)cc21. The third-order valence-corrected chi connectivity index (χ3v) is 3.96. The molecule has 0 unspecified atom stereocenters. The van der Waals surface area contributed by atoms with E-state index in [0.29, 0.717) is 5.56 Å². The van der Waals surface area contributed by atoms with E-state index in [1.807, 2.05) is 0 Å². The van der Waals surface area contributed by atoms with Gasteiger partial charge in [-0.3, -0.25) is 4.79 Å². The molecule has 6 heteroatoms. The Bertz CT molecular complexity index is 644. The predicted octanol–water partition coefficient (Wildman–Crippen LogP) is 3.21. The molecule has 1 aromatic carbocycles. The van der Waals surface area contributed by atoms with Gasteiger partial charge in [-0.2, -0.15) is 0 Å². The minimum atomic E-state index is -1.47. The molecule has 4 nitrogen and oxygen atoms in total. The number of carboxylic acids is 1. The van der Waals surface area contributed by atoms with Crippen molar-refractivity contribution in [3.8, 4) is 0 Å². The number of Topliss-reactive ketones (excluding diaryl/α,β-unsaturated/α-hetero) is 1. The van der Waals surface area contributed by atoms with Crippen LogP contribution in [0.4, 0.5) is 0 Å². The Morgan fingerprint density at radius 2 is 1.74 bits per heavy atom. The van der Waals surface area contributed by atoms with Crippen LogP contribution in [0.5, 0.6) is 0 Å². The molecule has 0 aromatic heterocycles. The number of benzene rings is 1. The molecule has 0 fully saturated rings. The Hall–Kier alpha value is -1.52. The molecule has 0 heterocycles. The monoisotopic (exact) mass is 300 g/mol. The summed E-state index contributed by atoms with van der Waals surface area (Å²) in [6, 6.07) is 2.84. The van der Waals surface area contributed by atoms with Gasteiger partial charge in [0.2, 0.25) is 0 Å². The highest BCUT2D eigenvalue weighted by atomic mass is 35.5. The number of ketones is 1. The average Bonchev–Trinajstić information content (AvgIpc) is 2.29. The number of aliphatic hydroxyl groups excluding tert-OH is 1. The number of hydrogen-bond donors (Lipinski definition) is 2. The van der Waals surface area contributed by atoms with Gasteiger partial charge in [0, 0.05) is 5.56 Å². The van der Waals surface area contributed by atoms with Crippen LogP contribution in [0.15, 0.2) is 17.7 Å². The Morgan fingerprint density at radius 1 is 1.21 bits per heavy atom. The van der Waals surface area contributed by atoms with Crippen molar-refractivity contribution in [1.29, 1.82) is 0 Å². The first-order valence-electron chi connectivity index (χ1n) is 5.39. The van der Waals surface area contributed by atoms with Crippen molar-refractivity contribution in [3.05, 3.63) is 38.9 Å². The molecule has 0 aliphatic heterocycles. The molecule has 1 aromatic rings. The van der Waals surface area contributed by atoms with Crippen LogP contribution < -0.4 is 0 Å². The molecule has 0 bridgehead atoms. The Kier molecular flexibility index (Phi) is 3.11. The number of carbonyl (C=O) groups excluding carboxylic acids is 1. The lowest BCUT2D eigenvalue weighted by Crippen LogP contribution is -2.37. The number of carbonyl (C=O) groups is 2. The van der Waals surface area contributed by atoms with Crippen LogP contribution in [-0.4, -0.2) is 22.0 Å². The van der Waals surface area contributed by atoms with Crippen LogP contribution in [0, 0.1) is 0 Å². The average molecular weight is 301 g/mol. The quantitative estimate of drug-likeness (QED) is 0.781. The minimum absolute atomic E-state index is 0.182. The summed E-state index contributed by atoms with van der Waals surface area (Å²) in [6.45, 7) is 3.15. The van der Waals surface area contributed by atoms with Gasteiger partial charge < -0.3 is 10.2 Å². The zero-order valence-corrected chi connectivity index (χ0v) is 11.6. The molecular formula is C13H10Cl2O4. The zero-order chi connectivity index (χ0) is 14.5. The first kappa shape index (κ1) is 13.9. The normalized spacial score (nSPS) is 17.4. The second kappa shape index (κ2) is 4.25. The Labute approximate surface area is 119 Å². The molecule has 19 heavy (non-hydrogen) atoms. The summed E-state index contributed by atoms with van der Waals surface area (Å²) in [5.41, 5.74) is -1.05. The van der Waals surface area contributed by atoms with Gasteiger partial charge >= 0.3 is 5.97 Å². The van der Waals surface area contributed by atoms with Crippen molar-refractivity contribution in [2.45, 2.75) is 19.3 Å². The van der Waals surface area contributed by atoms with E-state index in [4.69, 9.17) is 28.3 Å². The van der Waals surface area contributed by atoms with Crippen LogP contribution in [0.2, 0.25) is 10.0 Å². The molecule has 0 amide bonds. The summed E-state index contributed by atoms with van der Waals surface area (Å²) in [4.78, 5) is 23.3. The molecule has 1 aliphatic rings. The van der Waals surface area contributed by atoms with Crippen LogP contribution in [0.1, 0.15) is 25.0 Å². The second-order valence-electron chi connectivity index (χ2n) is 4.79. The van der Waals surface area contributed by atoms with Crippen molar-refractivity contribution in [3.63, 3.8) is 0 Å². The minimum Gasteiger partial charge on any atom is -0.506 e. The molecule has 0 spiro atoms. The summed E-state index contributed by atoms with van der Waals surface area (Å²) in [5.74, 6) is -2.71. The lowest BCUT2D eigenvalue weighted by molar-refractivity contribution is -0.135. The van der Waals surface area contributed by atoms with Crippen LogP contribution in [0.25, 0.3) is 5.76 Å². The van der Waals surface area contributed by atoms with E-state index in [9.17, 15) is 14.7 Å². The highest BCUT2D eigenvalue weighted by Crippen LogP contribution is 2.42. The van der Waals surface area contributed by atoms with Gasteiger partial charge in [0.05, 0.1) is 15.5 Å². The van der Waals surface area contributed by atoms with E-state index < -0.39 is 28.5 Å². The van der Waals surface area contributed by atoms with Gasteiger partial charge in [-0.25, -0.2) is 4.79 Å². The summed E-state index contributed by atoms with van der Waals surface area (Å²) in [7, 11) is 0. The molecule has 0 saturated carbocycles. The largest absolute Gasteiger partial charge is 0.506 e. The molecular weight excluding hydrogens is 291 g/mol. The van der Waals surface area contributed by atoms with E-state index in [1.165, 1.54) is 12.1 Å². The highest BCUT2D eigenvalue weighted by molar-refractivity contribution is 6.42. The molecule has 2 rings (SSSR count). The van der Waals surface area contributed by atoms with Crippen LogP contribution in [-0.2, 0) is 15.0 Å². The third-order valence-electron chi connectivity index (χ3n) is 3.23. The fourth-order valence-corrected chi connectivity index (χ4v) is 2.46. The van der Waals surface area contributed by atoms with Crippen molar-refractivity contribution >= 4 is 40.7 Å². The second-order valence-corrected chi connectivity index (χ2v) is 5.61. The zero-order valence-electron chi connectivity index (χ0n) is 10.1. The van der Waals surface area contributed by atoms with E-state index >= 15 is 0 Å². The summed E-state index contributed by atoms with van der Waals surface area (Å²) < 4.78 is 0. The fourth-order valence-electron chi connectivity index (χ4n) is 2.14. The summed E-state index contributed by atoms with van der Waals surface area (Å²) in [5, 5.41) is 19.5. The van der Waals surface area contributed by atoms with Crippen molar-refractivity contribution in [2.75, 3.05) is 0 Å². The van der Waals surface area contributed by atoms with Crippen molar-refractivity contribution in [1.82, 2.24) is 0 Å². The lowest BCUT2D eigenvalue weighted by atomic mass is 9.71. The lowest BCUT2D eigenvalue weighted by Gasteiger charge is -2.31. The fraction of sp³-hybridized carbons (Fsp3) is 0.231. The Balaban J connectivity index is 2.88. The van der Waals surface area contributed by atoms with Gasteiger partial charge in [0.25, 0.3) is 0 Å². The van der Waals surface area contributed by atoms with E-state index in [2.05, 4.69) is 0 Å². The van der Waals surface area contributed by atoms with E-state index in [0.717, 1.165) is 0 Å². The van der Waals surface area contributed by atoms with Crippen molar-refractivity contribution in [2.24, 2.45) is 0 Å². The third kappa shape index (κ3) is 1.91. The van der Waals surface area contributed by atoms with Crippen LogP contribution in [0.3, 0.4) is 0 Å². The molecule has 1 aliphatic carbocycles. The maximum atomic E-state index is 12.2. The number of aliphatic carboxylic acids is 1. The molecule has 100 valence electrons. The summed E-state index contributed by atoms with van der Waals surface area (Å²) in [6.07, 6.45) is 0. The number of hydrogen-bond acceptors (Lipinski definition) is 3. The smallest absolute Gasteiger partial charge is 0.343 e. The van der Waals surface area contributed by atoms with Crippen molar-refractivity contribution < 1.29 is 19.8 Å². The highest BCUT2D eigenvalue weighted by Gasteiger charge is 2.43. The molecule has 0 atom stereocenters. The number of aliphatic hydroxyl groups is 1. The predicted molar refractivity (Wildman–Crippen MR) is 71.7 cm³/mol. The Morgan fingerprint density at radius 3 is 2.26 bits per heavy atom. The molecule has 0 radical (unpaired) electrons. The topological polar surface area (TPSA) is 74.6 Å². The number of halogens is 2. The standard InChI is InChI=1S/C13H10Cl2O4/c1-13(2)6-4-8(15)7(14)3-5(6)10(16)9(11(13)17)12(18)19/h3-4,16H,1-2H3,(H,18,19). The number of carboxylic acid groups (broad SMARTS) is 1. The van der Waals surface area contributed by atoms with E-state index in [1.54, 1.807) is 13.8 Å². The van der Waals surface area contributed by atoms with E-state index in [-0.39, 0.29) is 15.6 Å². The maximum absolute atomic E-state index is 12.2. The molecule has 2 N–H and O–H groups in total. The van der Waals surface area contributed by atoms with Gasteiger partial charge in [-0.15, -0.1) is 0 Å². The first-order chi connectivity index (χ1) is 8.67. The molecule has 0 saturated heterocycles. The number of fused-ring (bicyclic) bond motifs is 1. The van der Waals surface area contributed by atoms with Gasteiger partial charge in [0.1, 0.15) is 11.3 Å². The van der Waals surface area contributed by atoms with Gasteiger partial charge in [-0.05, 0) is 31.5 Å². The van der Waals surface area contributed by atoms with Crippen LogP contribution >= 0.6 is 23.2 Å². The van der Waals surface area contributed by atoms with Gasteiger partial charge in [0.15, 0.2) is 5.78 Å². The first-order valence-corrected chi connectivity index (χ1v) is 6.14. The van der Waals surface area contributed by atoms with Gasteiger partial charge in [-0.1, -0.05) is 23.2 Å². The summed E-state index contributed by atoms with van der Waals surface area (Å²) >= 11 is 11.8.